The van der Waals surface area contributed by atoms with Gasteiger partial charge in [0.05, 0.1) is 0 Å². The molecule has 1 aromatic carbocycles. The molecule has 1 aromatic rings. The molecule has 0 radical (unpaired) electrons. The summed E-state index contributed by atoms with van der Waals surface area (Å²) in [6.07, 6.45) is 1.01. The Bertz CT molecular complexity index is 297. The van der Waals surface area contributed by atoms with E-state index >= 15 is 0 Å². The van der Waals surface area contributed by atoms with E-state index in [0.717, 1.165) is 12.0 Å². The molecular formula is C10H13FO2. The molecule has 13 heavy (non-hydrogen) atoms. The average molecular weight is 184 g/mol. The highest BCUT2D eigenvalue weighted by Gasteiger charge is 2.08. The zero-order valence-corrected chi connectivity index (χ0v) is 7.55. The number of aryl methyl sites for hydroxylation is 1. The molecule has 2 nitrogen and oxygen atoms in total. The molecule has 0 atom stereocenters. The van der Waals surface area contributed by atoms with Gasteiger partial charge in [0.15, 0.2) is 11.6 Å². The predicted molar refractivity (Wildman–Crippen MR) is 48.2 cm³/mol. The fourth-order valence-electron chi connectivity index (χ4n) is 1.23. The van der Waals surface area contributed by atoms with E-state index in [9.17, 15) is 9.50 Å². The summed E-state index contributed by atoms with van der Waals surface area (Å²) in [6.45, 7) is 1.83. The quantitative estimate of drug-likeness (QED) is 0.749. The molecule has 0 spiro atoms. The number of phenolic OH excluding ortho intramolecular Hbond substituents is 1. The summed E-state index contributed by atoms with van der Waals surface area (Å²) < 4.78 is 13.0. The maximum Gasteiger partial charge on any atom is 0.165 e. The number of aliphatic hydroxyl groups excluding tert-OH is 1. The lowest BCUT2D eigenvalue weighted by Gasteiger charge is -2.06. The minimum absolute atomic E-state index is 0.0832. The van der Waals surface area contributed by atoms with Gasteiger partial charge >= 0.3 is 0 Å². The summed E-state index contributed by atoms with van der Waals surface area (Å²) in [6, 6.07) is 3.03. The summed E-state index contributed by atoms with van der Waals surface area (Å²) in [5, 5.41) is 17.9. The van der Waals surface area contributed by atoms with Crippen LogP contribution in [0.25, 0.3) is 0 Å². The number of phenols is 1. The maximum atomic E-state index is 13.0. The standard InChI is InChI=1S/C10H13FO2/c1-2-7-5-8(3-4-12)10(13)9(11)6-7/h5-6,12-13H,2-4H2,1H3. The van der Waals surface area contributed by atoms with Crippen molar-refractivity contribution >= 4 is 0 Å². The molecule has 1 rings (SSSR count). The van der Waals surface area contributed by atoms with Crippen molar-refractivity contribution in [3.05, 3.63) is 29.1 Å². The molecule has 72 valence electrons. The average Bonchev–Trinajstić information content (AvgIpc) is 2.13. The first-order chi connectivity index (χ1) is 6.19. The zero-order valence-electron chi connectivity index (χ0n) is 7.55. The highest BCUT2D eigenvalue weighted by Crippen LogP contribution is 2.23. The van der Waals surface area contributed by atoms with E-state index in [1.807, 2.05) is 6.92 Å². The molecule has 3 heteroatoms. The van der Waals surface area contributed by atoms with Gasteiger partial charge in [0.2, 0.25) is 0 Å². The molecule has 0 heterocycles. The summed E-state index contributed by atoms with van der Waals surface area (Å²) in [4.78, 5) is 0. The predicted octanol–water partition coefficient (Wildman–Crippen LogP) is 1.63. The second-order valence-electron chi connectivity index (χ2n) is 2.91. The number of rotatable bonds is 3. The number of aliphatic hydroxyl groups is 1. The van der Waals surface area contributed by atoms with Gasteiger partial charge < -0.3 is 10.2 Å². The van der Waals surface area contributed by atoms with Crippen LogP contribution in [0.4, 0.5) is 4.39 Å². The van der Waals surface area contributed by atoms with E-state index in [2.05, 4.69) is 0 Å². The van der Waals surface area contributed by atoms with E-state index in [4.69, 9.17) is 5.11 Å². The van der Waals surface area contributed by atoms with E-state index in [0.29, 0.717) is 5.56 Å². The van der Waals surface area contributed by atoms with Gasteiger partial charge in [-0.05, 0) is 30.0 Å². The van der Waals surface area contributed by atoms with Crippen LogP contribution < -0.4 is 0 Å². The van der Waals surface area contributed by atoms with Gasteiger partial charge in [-0.3, -0.25) is 0 Å². The molecular weight excluding hydrogens is 171 g/mol. The van der Waals surface area contributed by atoms with Crippen molar-refractivity contribution in [2.45, 2.75) is 19.8 Å². The molecule has 0 amide bonds. The molecule has 0 fully saturated rings. The van der Waals surface area contributed by atoms with Crippen LogP contribution in [0.3, 0.4) is 0 Å². The Morgan fingerprint density at radius 3 is 2.62 bits per heavy atom. The molecule has 0 saturated carbocycles. The third-order valence-corrected chi connectivity index (χ3v) is 1.99. The Kier molecular flexibility index (Phi) is 3.25. The van der Waals surface area contributed by atoms with Crippen LogP contribution >= 0.6 is 0 Å². The first-order valence-corrected chi connectivity index (χ1v) is 4.30. The van der Waals surface area contributed by atoms with E-state index in [-0.39, 0.29) is 18.8 Å². The summed E-state index contributed by atoms with van der Waals surface area (Å²) in [7, 11) is 0. The number of benzene rings is 1. The fourth-order valence-corrected chi connectivity index (χ4v) is 1.23. The molecule has 0 unspecified atom stereocenters. The van der Waals surface area contributed by atoms with Gasteiger partial charge in [-0.25, -0.2) is 4.39 Å². The van der Waals surface area contributed by atoms with Crippen molar-refractivity contribution in [2.75, 3.05) is 6.61 Å². The van der Waals surface area contributed by atoms with Crippen LogP contribution in [0.2, 0.25) is 0 Å². The first kappa shape index (κ1) is 9.99. The minimum Gasteiger partial charge on any atom is -0.505 e. The van der Waals surface area contributed by atoms with Gasteiger partial charge in [-0.1, -0.05) is 13.0 Å². The van der Waals surface area contributed by atoms with Crippen LogP contribution in [0, 0.1) is 5.82 Å². The SMILES string of the molecule is CCc1cc(F)c(O)c(CCO)c1. The van der Waals surface area contributed by atoms with Crippen LogP contribution in [0.1, 0.15) is 18.1 Å². The molecule has 0 aromatic heterocycles. The third kappa shape index (κ3) is 2.18. The normalized spacial score (nSPS) is 10.4. The largest absolute Gasteiger partial charge is 0.505 e. The monoisotopic (exact) mass is 184 g/mol. The highest BCUT2D eigenvalue weighted by atomic mass is 19.1. The Balaban J connectivity index is 3.09. The Morgan fingerprint density at radius 2 is 2.08 bits per heavy atom. The Hall–Kier alpha value is -1.09. The van der Waals surface area contributed by atoms with E-state index in [1.165, 1.54) is 6.07 Å². The van der Waals surface area contributed by atoms with Gasteiger partial charge in [0.1, 0.15) is 0 Å². The van der Waals surface area contributed by atoms with Crippen molar-refractivity contribution in [1.82, 2.24) is 0 Å². The summed E-state index contributed by atoms with van der Waals surface area (Å²) in [5.41, 5.74) is 1.30. The van der Waals surface area contributed by atoms with Crippen molar-refractivity contribution in [3.63, 3.8) is 0 Å². The van der Waals surface area contributed by atoms with Crippen molar-refractivity contribution in [3.8, 4) is 5.75 Å². The van der Waals surface area contributed by atoms with Gasteiger partial charge in [0, 0.05) is 6.61 Å². The van der Waals surface area contributed by atoms with Gasteiger partial charge in [-0.15, -0.1) is 0 Å². The second kappa shape index (κ2) is 4.23. The topological polar surface area (TPSA) is 40.5 Å². The molecule has 2 N–H and O–H groups in total. The van der Waals surface area contributed by atoms with Crippen molar-refractivity contribution in [1.29, 1.82) is 0 Å². The van der Waals surface area contributed by atoms with Gasteiger partial charge in [0.25, 0.3) is 0 Å². The van der Waals surface area contributed by atoms with Crippen LogP contribution in [-0.4, -0.2) is 16.8 Å². The van der Waals surface area contributed by atoms with Crippen LogP contribution in [-0.2, 0) is 12.8 Å². The third-order valence-electron chi connectivity index (χ3n) is 1.99. The lowest BCUT2D eigenvalue weighted by molar-refractivity contribution is 0.296. The van der Waals surface area contributed by atoms with E-state index in [1.54, 1.807) is 6.07 Å². The van der Waals surface area contributed by atoms with Gasteiger partial charge in [-0.2, -0.15) is 0 Å². The number of aromatic hydroxyl groups is 1. The smallest absolute Gasteiger partial charge is 0.165 e. The lowest BCUT2D eigenvalue weighted by atomic mass is 10.1. The van der Waals surface area contributed by atoms with Crippen molar-refractivity contribution < 1.29 is 14.6 Å². The maximum absolute atomic E-state index is 13.0. The van der Waals surface area contributed by atoms with E-state index < -0.39 is 5.82 Å². The van der Waals surface area contributed by atoms with Crippen LogP contribution in [0.5, 0.6) is 5.75 Å². The Morgan fingerprint density at radius 1 is 1.38 bits per heavy atom. The molecule has 0 aliphatic rings. The zero-order chi connectivity index (χ0) is 9.84. The van der Waals surface area contributed by atoms with Crippen molar-refractivity contribution in [2.24, 2.45) is 0 Å². The fraction of sp³-hybridized carbons (Fsp3) is 0.400. The number of hydrogen-bond acceptors (Lipinski definition) is 2. The second-order valence-corrected chi connectivity index (χ2v) is 2.91. The molecule has 0 aliphatic heterocycles. The molecule has 0 bridgehead atoms. The molecule has 0 saturated heterocycles. The lowest BCUT2D eigenvalue weighted by Crippen LogP contribution is -1.95. The number of hydrogen-bond donors (Lipinski definition) is 2. The first-order valence-electron chi connectivity index (χ1n) is 4.30. The Labute approximate surface area is 76.6 Å². The number of halogens is 1. The minimum atomic E-state index is -0.609. The highest BCUT2D eigenvalue weighted by molar-refractivity contribution is 5.37. The summed E-state index contributed by atoms with van der Waals surface area (Å²) >= 11 is 0. The van der Waals surface area contributed by atoms with Crippen LogP contribution in [0.15, 0.2) is 12.1 Å². The molecule has 0 aliphatic carbocycles. The summed E-state index contributed by atoms with van der Waals surface area (Å²) in [5.74, 6) is -0.950.